The first-order valence-electron chi connectivity index (χ1n) is 22.0. The van der Waals surface area contributed by atoms with Crippen LogP contribution in [0.3, 0.4) is 0 Å². The van der Waals surface area contributed by atoms with E-state index in [2.05, 4.69) is 112 Å². The van der Waals surface area contributed by atoms with Crippen LogP contribution in [0, 0.1) is 0 Å². The Balaban J connectivity index is 1.87. The summed E-state index contributed by atoms with van der Waals surface area (Å²) in [6, 6.07) is 14.8. The van der Waals surface area contributed by atoms with E-state index < -0.39 is 0 Å². The van der Waals surface area contributed by atoms with Crippen LogP contribution in [0.2, 0.25) is 0 Å². The van der Waals surface area contributed by atoms with Crippen LogP contribution in [0.15, 0.2) is 59.2 Å². The molecule has 0 saturated carbocycles. The number of nitrogens with zero attached hydrogens (tertiary/aromatic N) is 1. The second kappa shape index (κ2) is 18.8. The summed E-state index contributed by atoms with van der Waals surface area (Å²) < 4.78 is 0. The Bertz CT molecular complexity index is 1590. The molecule has 8 bridgehead atoms. The Morgan fingerprint density at radius 1 is 0.423 bits per heavy atom. The van der Waals surface area contributed by atoms with Gasteiger partial charge in [0.25, 0.3) is 0 Å². The monoisotopic (exact) mass is 707 g/mol. The number of aromatic amines is 3. The zero-order chi connectivity index (χ0) is 37.0. The third-order valence-electron chi connectivity index (χ3n) is 12.9. The molecule has 0 fully saturated rings. The second-order valence-electron chi connectivity index (χ2n) is 16.5. The predicted molar refractivity (Wildman–Crippen MR) is 226 cm³/mol. The van der Waals surface area contributed by atoms with Gasteiger partial charge >= 0.3 is 0 Å². The van der Waals surface area contributed by atoms with Gasteiger partial charge in [0.1, 0.15) is 0 Å². The molecule has 0 aliphatic carbocycles. The van der Waals surface area contributed by atoms with Gasteiger partial charge in [0.15, 0.2) is 0 Å². The third-order valence-corrected chi connectivity index (χ3v) is 12.9. The van der Waals surface area contributed by atoms with Crippen molar-refractivity contribution in [2.75, 3.05) is 0 Å². The van der Waals surface area contributed by atoms with Crippen molar-refractivity contribution < 1.29 is 0 Å². The topological polar surface area (TPSA) is 59.7 Å². The van der Waals surface area contributed by atoms with E-state index in [4.69, 9.17) is 4.99 Å². The zero-order valence-electron chi connectivity index (χ0n) is 34.4. The lowest BCUT2D eigenvalue weighted by Crippen LogP contribution is -2.36. The maximum absolute atomic E-state index is 5.70. The van der Waals surface area contributed by atoms with Gasteiger partial charge < -0.3 is 15.0 Å². The number of hydrogen-bond acceptors (Lipinski definition) is 1. The van der Waals surface area contributed by atoms with Crippen molar-refractivity contribution in [1.29, 1.82) is 0 Å². The number of unbranched alkanes of at least 4 members (excludes halogenated alkanes) is 7. The Hall–Kier alpha value is -3.01. The van der Waals surface area contributed by atoms with Crippen LogP contribution in [-0.4, -0.2) is 20.7 Å². The first kappa shape index (κ1) is 40.2. The van der Waals surface area contributed by atoms with E-state index in [1.807, 2.05) is 0 Å². The molecule has 0 spiro atoms. The minimum Gasteiger partial charge on any atom is -0.361 e. The number of hydrogen-bond donors (Lipinski definition) is 3. The number of fused-ring (bicyclic) bond motifs is 7. The highest BCUT2D eigenvalue weighted by Gasteiger charge is 2.43. The van der Waals surface area contributed by atoms with E-state index in [1.54, 1.807) is 0 Å². The van der Waals surface area contributed by atoms with Crippen molar-refractivity contribution >= 4 is 11.3 Å². The number of H-pyrrole nitrogens is 3. The van der Waals surface area contributed by atoms with Crippen LogP contribution in [0.5, 0.6) is 0 Å². The van der Waals surface area contributed by atoms with E-state index in [0.29, 0.717) is 0 Å². The summed E-state index contributed by atoms with van der Waals surface area (Å²) in [6.45, 7) is 16.4. The van der Waals surface area contributed by atoms with E-state index in [-0.39, 0.29) is 16.2 Å². The van der Waals surface area contributed by atoms with Crippen molar-refractivity contribution in [2.45, 2.75) is 200 Å². The van der Waals surface area contributed by atoms with Gasteiger partial charge in [0, 0.05) is 39.7 Å². The number of aromatic nitrogens is 3. The van der Waals surface area contributed by atoms with Gasteiger partial charge in [-0.15, -0.1) is 0 Å². The molecule has 2 aliphatic heterocycles. The third kappa shape index (κ3) is 8.07. The Morgan fingerprint density at radius 3 is 1.21 bits per heavy atom. The Kier molecular flexibility index (Phi) is 14.6. The van der Waals surface area contributed by atoms with Crippen LogP contribution in [0.4, 0.5) is 0 Å². The van der Waals surface area contributed by atoms with Gasteiger partial charge in [-0.2, -0.15) is 0 Å². The maximum atomic E-state index is 5.70. The lowest BCUT2D eigenvalue weighted by Gasteiger charge is -2.36. The molecule has 0 unspecified atom stereocenters. The summed E-state index contributed by atoms with van der Waals surface area (Å²) in [5.41, 5.74) is 11.7. The molecule has 0 radical (unpaired) electrons. The molecule has 52 heavy (non-hydrogen) atoms. The molecule has 5 rings (SSSR count). The maximum Gasteiger partial charge on any atom is 0.0686 e. The molecule has 2 aliphatic rings. The number of nitrogens with one attached hydrogen (secondary N) is 3. The molecule has 4 heteroatoms. The molecule has 286 valence electrons. The van der Waals surface area contributed by atoms with E-state index >= 15 is 0 Å². The molecule has 3 aromatic heterocycles. The highest BCUT2D eigenvalue weighted by Crippen LogP contribution is 2.48. The van der Waals surface area contributed by atoms with Gasteiger partial charge in [-0.3, -0.25) is 4.99 Å². The van der Waals surface area contributed by atoms with Crippen molar-refractivity contribution in [1.82, 2.24) is 15.0 Å². The number of rotatable bonds is 21. The lowest BCUT2D eigenvalue weighted by atomic mass is 9.71. The average molecular weight is 707 g/mol. The SMILES string of the molecule is CCCC/C1=C2\C=CC(=N2)C(CCCC)(CCCC)c2ccc([nH]2)C(CCCC)(CCCC)c2ccc([nH]2)C(CCCC)(CCCC)c2ccc1[nH]2. The highest BCUT2D eigenvalue weighted by molar-refractivity contribution is 6.07. The first-order valence-corrected chi connectivity index (χ1v) is 22.0. The fraction of sp³-hybridized carbons (Fsp3) is 0.646. The average Bonchev–Trinajstić information content (AvgIpc) is 4.01. The van der Waals surface area contributed by atoms with Crippen molar-refractivity contribution in [3.05, 3.63) is 88.4 Å². The summed E-state index contributed by atoms with van der Waals surface area (Å²) in [7, 11) is 0. The number of aliphatic imine (C=N–C) groups is 1. The summed E-state index contributed by atoms with van der Waals surface area (Å²) in [6.07, 6.45) is 29.4. The quantitative estimate of drug-likeness (QED) is 0.0988. The van der Waals surface area contributed by atoms with Crippen LogP contribution in [-0.2, 0) is 16.2 Å². The first-order chi connectivity index (χ1) is 25.4. The van der Waals surface area contributed by atoms with Gasteiger partial charge in [-0.05, 0) is 99.9 Å². The fourth-order valence-corrected chi connectivity index (χ4v) is 9.59. The predicted octanol–water partition coefficient (Wildman–Crippen LogP) is 14.5. The molecule has 0 saturated heterocycles. The van der Waals surface area contributed by atoms with Crippen LogP contribution < -0.4 is 0 Å². The summed E-state index contributed by atoms with van der Waals surface area (Å²) in [5.74, 6) is 0. The molecule has 3 aromatic rings. The lowest BCUT2D eigenvalue weighted by molar-refractivity contribution is 0.372. The highest BCUT2D eigenvalue weighted by atomic mass is 14.9. The summed E-state index contributed by atoms with van der Waals surface area (Å²) in [5, 5.41) is 0. The van der Waals surface area contributed by atoms with Gasteiger partial charge in [0.2, 0.25) is 0 Å². The molecule has 0 atom stereocenters. The molecular weight excluding hydrogens is 633 g/mol. The number of allylic oxidation sites excluding steroid dienone is 3. The fourth-order valence-electron chi connectivity index (χ4n) is 9.59. The largest absolute Gasteiger partial charge is 0.361 e. The molecular formula is C48H74N4. The van der Waals surface area contributed by atoms with Crippen molar-refractivity contribution in [2.24, 2.45) is 4.99 Å². The Labute approximate surface area is 318 Å². The van der Waals surface area contributed by atoms with Crippen LogP contribution in [0.25, 0.3) is 5.57 Å². The van der Waals surface area contributed by atoms with E-state index in [9.17, 15) is 0 Å². The summed E-state index contributed by atoms with van der Waals surface area (Å²) in [4.78, 5) is 18.4. The molecule has 0 amide bonds. The normalized spacial score (nSPS) is 18.6. The van der Waals surface area contributed by atoms with Gasteiger partial charge in [-0.1, -0.05) is 132 Å². The molecule has 5 heterocycles. The second-order valence-corrected chi connectivity index (χ2v) is 16.5. The van der Waals surface area contributed by atoms with Gasteiger partial charge in [0.05, 0.1) is 27.7 Å². The minimum atomic E-state index is -0.131. The van der Waals surface area contributed by atoms with E-state index in [0.717, 1.165) is 51.4 Å². The standard InChI is InChI=1S/C48H74N4/c1-8-15-22-37-38-23-25-40(49-38)46(31-16-9-2,32-17-10-3)42-27-29-44(51-42)48(35-20-13-6,36-21-14-7)45-30-28-43(52-45)47(33-18-11-4,34-19-12-5)41-26-24-39(37)50-41/h23-30,49,51-52H,8-22,31-36H2,1-7H3/b39-37-. The molecule has 0 aromatic carbocycles. The molecule has 4 nitrogen and oxygen atoms in total. The van der Waals surface area contributed by atoms with Crippen molar-refractivity contribution in [3.63, 3.8) is 0 Å². The van der Waals surface area contributed by atoms with Crippen LogP contribution >= 0.6 is 0 Å². The smallest absolute Gasteiger partial charge is 0.0686 e. The van der Waals surface area contributed by atoms with E-state index in [1.165, 1.54) is 135 Å². The molecule has 3 N–H and O–H groups in total. The summed E-state index contributed by atoms with van der Waals surface area (Å²) >= 11 is 0. The Morgan fingerprint density at radius 2 is 0.788 bits per heavy atom. The zero-order valence-corrected chi connectivity index (χ0v) is 34.4. The minimum absolute atomic E-state index is 0.0856. The van der Waals surface area contributed by atoms with Crippen molar-refractivity contribution in [3.8, 4) is 0 Å². The van der Waals surface area contributed by atoms with Crippen LogP contribution in [0.1, 0.15) is 217 Å². The van der Waals surface area contributed by atoms with Gasteiger partial charge in [-0.25, -0.2) is 0 Å².